The maximum Gasteiger partial charge on any atom is 0.308 e. The van der Waals surface area contributed by atoms with Crippen LogP contribution in [0.1, 0.15) is 91.9 Å². The monoisotopic (exact) mass is 380 g/mol. The summed E-state index contributed by atoms with van der Waals surface area (Å²) in [6.07, 6.45) is 7.27. The Morgan fingerprint density at radius 3 is 2.70 bits per heavy atom. The van der Waals surface area contributed by atoms with Crippen LogP contribution in [0.25, 0.3) is 0 Å². The molecule has 2 aliphatic heterocycles. The molecule has 0 bridgehead atoms. The second kappa shape index (κ2) is 9.07. The second-order valence-electron chi connectivity index (χ2n) is 9.14. The number of carbonyl (C=O) groups is 3. The van der Waals surface area contributed by atoms with Crippen LogP contribution in [-0.2, 0) is 19.1 Å². The summed E-state index contributed by atoms with van der Waals surface area (Å²) < 4.78 is 5.53. The van der Waals surface area contributed by atoms with Gasteiger partial charge in [-0.25, -0.2) is 0 Å². The first-order valence-electron chi connectivity index (χ1n) is 10.5. The van der Waals surface area contributed by atoms with E-state index in [2.05, 4.69) is 12.2 Å². The predicted octanol–water partition coefficient (Wildman–Crippen LogP) is 3.33. The van der Waals surface area contributed by atoms with E-state index in [1.54, 1.807) is 0 Å². The first kappa shape index (κ1) is 21.7. The van der Waals surface area contributed by atoms with Gasteiger partial charge in [-0.15, -0.1) is 0 Å². The van der Waals surface area contributed by atoms with Gasteiger partial charge in [0.25, 0.3) is 0 Å². The number of hydrogen-bond donors (Lipinski definition) is 1. The highest BCUT2D eigenvalue weighted by Gasteiger charge is 2.45. The van der Waals surface area contributed by atoms with Crippen molar-refractivity contribution in [2.75, 3.05) is 6.54 Å². The summed E-state index contributed by atoms with van der Waals surface area (Å²) in [6, 6.07) is 0.110. The van der Waals surface area contributed by atoms with Gasteiger partial charge < -0.3 is 15.0 Å². The number of amides is 2. The van der Waals surface area contributed by atoms with Crippen LogP contribution in [-0.4, -0.2) is 46.4 Å². The predicted molar refractivity (Wildman–Crippen MR) is 104 cm³/mol. The molecule has 0 saturated carbocycles. The number of ether oxygens (including phenoxy) is 1. The van der Waals surface area contributed by atoms with Crippen LogP contribution in [0.4, 0.5) is 0 Å². The van der Waals surface area contributed by atoms with Crippen molar-refractivity contribution < 1.29 is 19.1 Å². The lowest BCUT2D eigenvalue weighted by atomic mass is 9.77. The number of piperidine rings is 2. The zero-order chi connectivity index (χ0) is 20.1. The molecule has 2 atom stereocenters. The molecule has 0 aliphatic carbocycles. The molecule has 2 heterocycles. The number of hydrogen-bond acceptors (Lipinski definition) is 4. The maximum absolute atomic E-state index is 12.5. The van der Waals surface area contributed by atoms with Crippen LogP contribution < -0.4 is 5.32 Å². The van der Waals surface area contributed by atoms with E-state index in [1.165, 1.54) is 0 Å². The van der Waals surface area contributed by atoms with Gasteiger partial charge in [-0.1, -0.05) is 19.8 Å². The number of rotatable bonds is 7. The molecule has 0 aromatic carbocycles. The third-order valence-corrected chi connectivity index (χ3v) is 5.46. The van der Waals surface area contributed by atoms with Crippen molar-refractivity contribution in [3.8, 4) is 0 Å². The van der Waals surface area contributed by atoms with Crippen molar-refractivity contribution in [1.82, 2.24) is 10.2 Å². The molecule has 0 radical (unpaired) electrons. The van der Waals surface area contributed by atoms with Gasteiger partial charge in [-0.05, 0) is 52.9 Å². The van der Waals surface area contributed by atoms with Crippen LogP contribution >= 0.6 is 0 Å². The minimum atomic E-state index is -0.607. The van der Waals surface area contributed by atoms with Crippen molar-refractivity contribution in [2.24, 2.45) is 0 Å². The van der Waals surface area contributed by atoms with Crippen molar-refractivity contribution in [3.63, 3.8) is 0 Å². The molecule has 6 nitrogen and oxygen atoms in total. The Morgan fingerprint density at radius 2 is 2.04 bits per heavy atom. The van der Waals surface area contributed by atoms with Gasteiger partial charge in [-0.3, -0.25) is 14.4 Å². The van der Waals surface area contributed by atoms with Crippen LogP contribution in [0.2, 0.25) is 0 Å². The Morgan fingerprint density at radius 1 is 1.30 bits per heavy atom. The Bertz CT molecular complexity index is 555. The summed E-state index contributed by atoms with van der Waals surface area (Å²) in [6.45, 7) is 8.26. The lowest BCUT2D eigenvalue weighted by Gasteiger charge is -2.48. The van der Waals surface area contributed by atoms with Crippen molar-refractivity contribution in [3.05, 3.63) is 0 Å². The molecule has 2 fully saturated rings. The summed E-state index contributed by atoms with van der Waals surface area (Å²) in [5.74, 6) is -0.0825. The van der Waals surface area contributed by atoms with Gasteiger partial charge in [0.2, 0.25) is 11.8 Å². The van der Waals surface area contributed by atoms with E-state index in [0.717, 1.165) is 32.1 Å². The fourth-order valence-electron chi connectivity index (χ4n) is 4.27. The summed E-state index contributed by atoms with van der Waals surface area (Å²) in [5.41, 5.74) is -1.16. The Balaban J connectivity index is 2.09. The van der Waals surface area contributed by atoms with Gasteiger partial charge in [0.05, 0.1) is 12.0 Å². The third kappa shape index (κ3) is 6.51. The van der Waals surface area contributed by atoms with Crippen LogP contribution in [0.15, 0.2) is 0 Å². The molecule has 27 heavy (non-hydrogen) atoms. The van der Waals surface area contributed by atoms with Gasteiger partial charge in [0.15, 0.2) is 0 Å². The zero-order valence-electron chi connectivity index (χ0n) is 17.4. The summed E-state index contributed by atoms with van der Waals surface area (Å²) in [7, 11) is 0. The Labute approximate surface area is 163 Å². The smallest absolute Gasteiger partial charge is 0.308 e. The standard InChI is InChI=1S/C21H36N2O4/c1-5-6-7-10-17(24)22-21(15-19(26)27-20(2,3)4)12-13-23-16(14-21)9-8-11-18(23)25/h16H,5-15H2,1-4H3,(H,22,24). The maximum atomic E-state index is 12.5. The van der Waals surface area contributed by atoms with Crippen LogP contribution in [0, 0.1) is 0 Å². The molecule has 2 unspecified atom stereocenters. The summed E-state index contributed by atoms with van der Waals surface area (Å²) >= 11 is 0. The highest BCUT2D eigenvalue weighted by Crippen LogP contribution is 2.35. The first-order chi connectivity index (χ1) is 12.6. The van der Waals surface area contributed by atoms with E-state index >= 15 is 0 Å². The second-order valence-corrected chi connectivity index (χ2v) is 9.14. The van der Waals surface area contributed by atoms with Crippen LogP contribution in [0.5, 0.6) is 0 Å². The number of nitrogens with one attached hydrogen (secondary N) is 1. The quantitative estimate of drug-likeness (QED) is 0.543. The van der Waals surface area contributed by atoms with Crippen molar-refractivity contribution >= 4 is 17.8 Å². The molecule has 2 amide bonds. The van der Waals surface area contributed by atoms with Crippen LogP contribution in [0.3, 0.4) is 0 Å². The van der Waals surface area contributed by atoms with Gasteiger partial charge in [-0.2, -0.15) is 0 Å². The third-order valence-electron chi connectivity index (χ3n) is 5.46. The fraction of sp³-hybridized carbons (Fsp3) is 0.857. The molecule has 0 aromatic heterocycles. The number of unbranched alkanes of at least 4 members (excludes halogenated alkanes) is 2. The molecular formula is C21H36N2O4. The SMILES string of the molecule is CCCCCC(=O)NC1(CC(=O)OC(C)(C)C)CCN2C(=O)CCCC2C1. The lowest BCUT2D eigenvalue weighted by Crippen LogP contribution is -2.61. The van der Waals surface area contributed by atoms with E-state index < -0.39 is 11.1 Å². The van der Waals surface area contributed by atoms with E-state index in [1.807, 2.05) is 25.7 Å². The fourth-order valence-corrected chi connectivity index (χ4v) is 4.27. The van der Waals surface area contributed by atoms with Gasteiger partial charge in [0.1, 0.15) is 5.60 Å². The van der Waals surface area contributed by atoms with E-state index in [9.17, 15) is 14.4 Å². The molecular weight excluding hydrogens is 344 g/mol. The zero-order valence-corrected chi connectivity index (χ0v) is 17.4. The first-order valence-corrected chi connectivity index (χ1v) is 10.5. The van der Waals surface area contributed by atoms with Crippen molar-refractivity contribution in [2.45, 2.75) is 109 Å². The molecule has 154 valence electrons. The van der Waals surface area contributed by atoms with Gasteiger partial charge >= 0.3 is 5.97 Å². The molecule has 6 heteroatoms. The van der Waals surface area contributed by atoms with Gasteiger partial charge in [0, 0.05) is 25.4 Å². The van der Waals surface area contributed by atoms with E-state index in [0.29, 0.717) is 32.2 Å². The molecule has 1 N–H and O–H groups in total. The molecule has 2 aliphatic rings. The Kier molecular flexibility index (Phi) is 7.29. The summed E-state index contributed by atoms with van der Waals surface area (Å²) in [5, 5.41) is 3.18. The molecule has 2 rings (SSSR count). The highest BCUT2D eigenvalue weighted by molar-refractivity contribution is 5.80. The van der Waals surface area contributed by atoms with Crippen molar-refractivity contribution in [1.29, 1.82) is 0 Å². The highest BCUT2D eigenvalue weighted by atomic mass is 16.6. The van der Waals surface area contributed by atoms with E-state index in [4.69, 9.17) is 4.74 Å². The normalized spacial score (nSPS) is 25.7. The number of fused-ring (bicyclic) bond motifs is 1. The number of carbonyl (C=O) groups excluding carboxylic acids is 3. The number of esters is 1. The molecule has 0 spiro atoms. The summed E-state index contributed by atoms with van der Waals surface area (Å²) in [4.78, 5) is 39.2. The minimum absolute atomic E-state index is 0.00240. The largest absolute Gasteiger partial charge is 0.460 e. The molecule has 0 aromatic rings. The number of nitrogens with zero attached hydrogens (tertiary/aromatic N) is 1. The molecule has 2 saturated heterocycles. The average Bonchev–Trinajstić information content (AvgIpc) is 2.53. The lowest BCUT2D eigenvalue weighted by molar-refractivity contribution is -0.158. The topological polar surface area (TPSA) is 75.7 Å². The Hall–Kier alpha value is -1.59. The average molecular weight is 381 g/mol. The van der Waals surface area contributed by atoms with E-state index in [-0.39, 0.29) is 30.2 Å². The minimum Gasteiger partial charge on any atom is -0.460 e.